The van der Waals surface area contributed by atoms with E-state index in [0.29, 0.717) is 18.3 Å². The van der Waals surface area contributed by atoms with E-state index in [4.69, 9.17) is 11.5 Å². The number of rotatable bonds is 3. The van der Waals surface area contributed by atoms with E-state index in [1.54, 1.807) is 0 Å². The molecule has 0 radical (unpaired) electrons. The Kier molecular flexibility index (Phi) is 4.69. The number of hydrogen-bond donors (Lipinski definition) is 2. The first-order chi connectivity index (χ1) is 10.2. The van der Waals surface area contributed by atoms with Crippen molar-refractivity contribution in [1.82, 2.24) is 0 Å². The van der Waals surface area contributed by atoms with Crippen LogP contribution in [0.4, 0.5) is 22.7 Å². The van der Waals surface area contributed by atoms with E-state index in [2.05, 4.69) is 0 Å². The smallest absolute Gasteiger partial charge is 0.292 e. The topological polar surface area (TPSA) is 138 Å². The van der Waals surface area contributed by atoms with Gasteiger partial charge in [-0.1, -0.05) is 0 Å². The van der Waals surface area contributed by atoms with Crippen LogP contribution in [0.1, 0.15) is 0 Å². The van der Waals surface area contributed by atoms with E-state index in [0.717, 1.165) is 0 Å². The average molecular weight is 526 g/mol. The van der Waals surface area contributed by atoms with Crippen LogP contribution >= 0.6 is 45.2 Å². The summed E-state index contributed by atoms with van der Waals surface area (Å²) in [4.78, 5) is 20.9. The third kappa shape index (κ3) is 3.06. The minimum absolute atomic E-state index is 0.0399. The van der Waals surface area contributed by atoms with E-state index >= 15 is 0 Å². The molecule has 22 heavy (non-hydrogen) atoms. The number of nitrogen functional groups attached to an aromatic ring is 2. The Morgan fingerprint density at radius 3 is 1.36 bits per heavy atom. The molecule has 2 aromatic carbocycles. The SMILES string of the molecule is Nc1cc(I)c(-c2cc([N+](=O)[O-])c(N)cc2I)cc1[N+](=O)[O-]. The molecule has 0 fully saturated rings. The van der Waals surface area contributed by atoms with Crippen molar-refractivity contribution in [2.24, 2.45) is 0 Å². The van der Waals surface area contributed by atoms with Gasteiger partial charge in [0.1, 0.15) is 11.4 Å². The lowest BCUT2D eigenvalue weighted by Gasteiger charge is -2.10. The quantitative estimate of drug-likeness (QED) is 0.272. The van der Waals surface area contributed by atoms with Crippen LogP contribution in [0.3, 0.4) is 0 Å². The molecule has 0 spiro atoms. The summed E-state index contributed by atoms with van der Waals surface area (Å²) >= 11 is 3.95. The van der Waals surface area contributed by atoms with Gasteiger partial charge in [-0.3, -0.25) is 20.2 Å². The van der Waals surface area contributed by atoms with E-state index in [9.17, 15) is 20.2 Å². The van der Waals surface area contributed by atoms with E-state index in [1.807, 2.05) is 45.2 Å². The number of anilines is 2. The normalized spacial score (nSPS) is 10.5. The van der Waals surface area contributed by atoms with Crippen LogP contribution in [-0.4, -0.2) is 9.85 Å². The Morgan fingerprint density at radius 1 is 0.773 bits per heavy atom. The van der Waals surface area contributed by atoms with Gasteiger partial charge in [-0.2, -0.15) is 0 Å². The van der Waals surface area contributed by atoms with Crippen LogP contribution in [0.2, 0.25) is 0 Å². The Morgan fingerprint density at radius 2 is 1.09 bits per heavy atom. The third-order valence-electron chi connectivity index (χ3n) is 2.92. The lowest BCUT2D eigenvalue weighted by atomic mass is 10.0. The molecule has 0 aliphatic rings. The highest BCUT2D eigenvalue weighted by molar-refractivity contribution is 14.1. The Labute approximate surface area is 151 Å². The second-order valence-electron chi connectivity index (χ2n) is 4.30. The van der Waals surface area contributed by atoms with Gasteiger partial charge < -0.3 is 11.5 Å². The standard InChI is InChI=1S/C12H8I2N4O4/c13-7-3-9(15)11(17(19)20)1-5(7)6-2-12(18(21)22)10(16)4-8(6)14/h1-4H,15-16H2. The second-order valence-corrected chi connectivity index (χ2v) is 6.62. The summed E-state index contributed by atoms with van der Waals surface area (Å²) in [5.41, 5.74) is 11.8. The number of nitrogens with zero attached hydrogens (tertiary/aromatic N) is 2. The largest absolute Gasteiger partial charge is 0.393 e. The number of nitro benzene ring substituents is 2. The lowest BCUT2D eigenvalue weighted by molar-refractivity contribution is -0.384. The molecule has 0 unspecified atom stereocenters. The number of benzene rings is 2. The van der Waals surface area contributed by atoms with Crippen LogP contribution in [0.25, 0.3) is 11.1 Å². The first kappa shape index (κ1) is 16.7. The van der Waals surface area contributed by atoms with Crippen LogP contribution in [0, 0.1) is 27.4 Å². The molecule has 8 nitrogen and oxygen atoms in total. The molecule has 2 rings (SSSR count). The van der Waals surface area contributed by atoms with Crippen molar-refractivity contribution in [2.75, 3.05) is 11.5 Å². The van der Waals surface area contributed by atoms with Gasteiger partial charge in [0.05, 0.1) is 9.85 Å². The summed E-state index contributed by atoms with van der Waals surface area (Å²) in [5.74, 6) is 0. The highest BCUT2D eigenvalue weighted by Gasteiger charge is 2.21. The maximum atomic E-state index is 11.0. The van der Waals surface area contributed by atoms with Crippen LogP contribution < -0.4 is 11.5 Å². The predicted octanol–water partition coefficient (Wildman–Crippen LogP) is 3.54. The van der Waals surface area contributed by atoms with Crippen molar-refractivity contribution < 1.29 is 9.85 Å². The van der Waals surface area contributed by atoms with Gasteiger partial charge in [-0.25, -0.2) is 0 Å². The van der Waals surface area contributed by atoms with Gasteiger partial charge in [0.25, 0.3) is 11.4 Å². The fourth-order valence-corrected chi connectivity index (χ4v) is 3.45. The minimum Gasteiger partial charge on any atom is -0.393 e. The molecule has 0 aromatic heterocycles. The van der Waals surface area contributed by atoms with Gasteiger partial charge in [0, 0.05) is 30.4 Å². The van der Waals surface area contributed by atoms with Crippen LogP contribution in [0.15, 0.2) is 24.3 Å². The van der Waals surface area contributed by atoms with Gasteiger partial charge in [0.15, 0.2) is 0 Å². The number of halogens is 2. The summed E-state index contributed by atoms with van der Waals surface area (Å²) in [6.07, 6.45) is 0. The number of nitro groups is 2. The molecule has 0 aliphatic heterocycles. The molecule has 0 amide bonds. The van der Waals surface area contributed by atoms with Gasteiger partial charge >= 0.3 is 0 Å². The molecule has 4 N–H and O–H groups in total. The number of nitrogens with two attached hydrogens (primary N) is 2. The highest BCUT2D eigenvalue weighted by Crippen LogP contribution is 2.38. The zero-order valence-electron chi connectivity index (χ0n) is 10.7. The predicted molar refractivity (Wildman–Crippen MR) is 99.4 cm³/mol. The first-order valence-electron chi connectivity index (χ1n) is 5.69. The molecule has 10 heteroatoms. The summed E-state index contributed by atoms with van der Waals surface area (Å²) in [7, 11) is 0. The van der Waals surface area contributed by atoms with E-state index < -0.39 is 9.85 Å². The molecule has 0 saturated carbocycles. The minimum atomic E-state index is -0.590. The van der Waals surface area contributed by atoms with Crippen molar-refractivity contribution in [3.05, 3.63) is 51.6 Å². The molecule has 0 heterocycles. The Balaban J connectivity index is 2.76. The highest BCUT2D eigenvalue weighted by atomic mass is 127. The fourth-order valence-electron chi connectivity index (χ4n) is 1.88. The summed E-state index contributed by atoms with van der Waals surface area (Å²) in [6.45, 7) is 0. The Hall–Kier alpha value is -1.70. The molecule has 0 atom stereocenters. The summed E-state index contributed by atoms with van der Waals surface area (Å²) in [6, 6.07) is 5.56. The van der Waals surface area contributed by atoms with Crippen molar-refractivity contribution in [3.8, 4) is 11.1 Å². The van der Waals surface area contributed by atoms with Crippen LogP contribution in [0.5, 0.6) is 0 Å². The lowest BCUT2D eigenvalue weighted by Crippen LogP contribution is -2.00. The van der Waals surface area contributed by atoms with E-state index in [1.165, 1.54) is 24.3 Å². The zero-order valence-corrected chi connectivity index (χ0v) is 15.1. The molecule has 114 valence electrons. The van der Waals surface area contributed by atoms with E-state index in [-0.39, 0.29) is 22.7 Å². The third-order valence-corrected chi connectivity index (χ3v) is 4.70. The van der Waals surface area contributed by atoms with Crippen LogP contribution in [-0.2, 0) is 0 Å². The molecule has 2 aromatic rings. The second kappa shape index (κ2) is 6.20. The molecular formula is C12H8I2N4O4. The molecule has 0 saturated heterocycles. The van der Waals surface area contributed by atoms with Gasteiger partial charge in [-0.15, -0.1) is 0 Å². The van der Waals surface area contributed by atoms with Crippen molar-refractivity contribution in [3.63, 3.8) is 0 Å². The maximum Gasteiger partial charge on any atom is 0.292 e. The van der Waals surface area contributed by atoms with Crippen molar-refractivity contribution >= 4 is 67.9 Å². The zero-order chi connectivity index (χ0) is 16.6. The van der Waals surface area contributed by atoms with Crippen molar-refractivity contribution in [1.29, 1.82) is 0 Å². The monoisotopic (exact) mass is 526 g/mol. The summed E-state index contributed by atoms with van der Waals surface area (Å²) in [5, 5.41) is 22.0. The van der Waals surface area contributed by atoms with Crippen molar-refractivity contribution in [2.45, 2.75) is 0 Å². The maximum absolute atomic E-state index is 11.0. The average Bonchev–Trinajstić information content (AvgIpc) is 2.39. The molecule has 0 bridgehead atoms. The first-order valence-corrected chi connectivity index (χ1v) is 7.85. The molecular weight excluding hydrogens is 518 g/mol. The summed E-state index contributed by atoms with van der Waals surface area (Å²) < 4.78 is 1.30. The van der Waals surface area contributed by atoms with Gasteiger partial charge in [-0.05, 0) is 57.3 Å². The number of hydrogen-bond acceptors (Lipinski definition) is 6. The molecule has 0 aliphatic carbocycles. The van der Waals surface area contributed by atoms with Gasteiger partial charge in [0.2, 0.25) is 0 Å². The fraction of sp³-hybridized carbons (Fsp3) is 0. The Bertz CT molecular complexity index is 743.